The van der Waals surface area contributed by atoms with Crippen LogP contribution < -0.4 is 9.44 Å². The molecule has 0 aliphatic rings. The van der Waals surface area contributed by atoms with Crippen molar-refractivity contribution in [3.05, 3.63) is 23.2 Å². The normalized spacial score (nSPS) is 10.7. The van der Waals surface area contributed by atoms with Crippen molar-refractivity contribution in [3.63, 3.8) is 0 Å². The third kappa shape index (κ3) is 4.00. The van der Waals surface area contributed by atoms with Gasteiger partial charge < -0.3 is 9.84 Å². The highest BCUT2D eigenvalue weighted by molar-refractivity contribution is 7.91. The maximum absolute atomic E-state index is 11.3. The van der Waals surface area contributed by atoms with E-state index in [4.69, 9.17) is 11.6 Å². The molecule has 3 N–H and O–H groups in total. The quantitative estimate of drug-likeness (QED) is 0.718. The first-order valence-corrected chi connectivity index (χ1v) is 6.07. The Hall–Kier alpha value is -1.67. The second-order valence-electron chi connectivity index (χ2n) is 2.86. The van der Waals surface area contributed by atoms with Gasteiger partial charge >= 0.3 is 16.3 Å². The molecule has 17 heavy (non-hydrogen) atoms. The zero-order valence-corrected chi connectivity index (χ0v) is 10.2. The third-order valence-corrected chi connectivity index (χ3v) is 2.77. The van der Waals surface area contributed by atoms with Gasteiger partial charge in [-0.25, -0.2) is 9.52 Å². The molecule has 0 saturated heterocycles. The van der Waals surface area contributed by atoms with Crippen molar-refractivity contribution >= 4 is 33.6 Å². The molecule has 0 aliphatic heterocycles. The van der Waals surface area contributed by atoms with Crippen LogP contribution in [0.2, 0.25) is 5.02 Å². The van der Waals surface area contributed by atoms with Crippen LogP contribution in [0.1, 0.15) is 0 Å². The third-order valence-electron chi connectivity index (χ3n) is 1.61. The summed E-state index contributed by atoms with van der Waals surface area (Å²) in [6, 6.07) is 3.77. The van der Waals surface area contributed by atoms with E-state index >= 15 is 0 Å². The summed E-state index contributed by atoms with van der Waals surface area (Å²) in [6.07, 6.45) is -1.15. The van der Waals surface area contributed by atoms with Gasteiger partial charge in [-0.1, -0.05) is 11.6 Å². The molecule has 0 unspecified atom stereocenters. The van der Waals surface area contributed by atoms with Crippen LogP contribution in [-0.2, 0) is 14.9 Å². The number of hydrogen-bond acceptors (Lipinski definition) is 5. The number of amides is 1. The number of anilines is 1. The SMILES string of the molecule is COC(=O)NS(=O)(=O)Nc1ccc(Cl)cc1O. The summed E-state index contributed by atoms with van der Waals surface area (Å²) in [5.74, 6) is -0.368. The number of ether oxygens (including phenoxy) is 1. The number of halogens is 1. The Kier molecular flexibility index (Phi) is 4.02. The van der Waals surface area contributed by atoms with Gasteiger partial charge in [-0.15, -0.1) is 0 Å². The number of nitrogens with one attached hydrogen (secondary N) is 2. The van der Waals surface area contributed by atoms with Crippen LogP contribution >= 0.6 is 11.6 Å². The van der Waals surface area contributed by atoms with Gasteiger partial charge in [0.15, 0.2) is 0 Å². The van der Waals surface area contributed by atoms with E-state index in [9.17, 15) is 18.3 Å². The first-order chi connectivity index (χ1) is 7.84. The van der Waals surface area contributed by atoms with Gasteiger partial charge in [0.1, 0.15) is 5.75 Å². The van der Waals surface area contributed by atoms with Crippen molar-refractivity contribution < 1.29 is 23.1 Å². The number of methoxy groups -OCH3 is 1. The van der Waals surface area contributed by atoms with Crippen molar-refractivity contribution in [3.8, 4) is 5.75 Å². The number of phenolic OH excluding ortho intramolecular Hbond substituents is 1. The number of carbonyl (C=O) groups excluding carboxylic acids is 1. The highest BCUT2D eigenvalue weighted by atomic mass is 35.5. The molecule has 1 rings (SSSR count). The van der Waals surface area contributed by atoms with E-state index in [0.717, 1.165) is 13.2 Å². The molecule has 94 valence electrons. The van der Waals surface area contributed by atoms with Crippen molar-refractivity contribution in [2.75, 3.05) is 11.8 Å². The lowest BCUT2D eigenvalue weighted by Crippen LogP contribution is -2.35. The maximum Gasteiger partial charge on any atom is 0.422 e. The summed E-state index contributed by atoms with van der Waals surface area (Å²) in [5.41, 5.74) is -0.120. The lowest BCUT2D eigenvalue weighted by molar-refractivity contribution is 0.177. The van der Waals surface area contributed by atoms with Crippen LogP contribution in [0.3, 0.4) is 0 Å². The smallest absolute Gasteiger partial charge is 0.422 e. The molecular formula is C8H9ClN2O5S. The molecule has 1 amide bonds. The zero-order valence-electron chi connectivity index (χ0n) is 8.60. The molecule has 7 nitrogen and oxygen atoms in total. The van der Waals surface area contributed by atoms with Crippen LogP contribution in [0, 0.1) is 0 Å². The fraction of sp³-hybridized carbons (Fsp3) is 0.125. The number of rotatable bonds is 3. The van der Waals surface area contributed by atoms with Crippen molar-refractivity contribution in [1.29, 1.82) is 0 Å². The Balaban J connectivity index is 2.87. The van der Waals surface area contributed by atoms with Crippen LogP contribution in [-0.4, -0.2) is 26.7 Å². The molecule has 0 radical (unpaired) electrons. The van der Waals surface area contributed by atoms with Gasteiger partial charge in [-0.3, -0.25) is 4.72 Å². The van der Waals surface area contributed by atoms with Gasteiger partial charge in [0, 0.05) is 11.1 Å². The van der Waals surface area contributed by atoms with Crippen molar-refractivity contribution in [1.82, 2.24) is 4.72 Å². The summed E-state index contributed by atoms with van der Waals surface area (Å²) in [7, 11) is -3.14. The predicted octanol–water partition coefficient (Wildman–Crippen LogP) is 1.06. The highest BCUT2D eigenvalue weighted by Gasteiger charge is 2.16. The first-order valence-electron chi connectivity index (χ1n) is 4.21. The molecule has 0 spiro atoms. The Labute approximate surface area is 103 Å². The number of aromatic hydroxyl groups is 1. The van der Waals surface area contributed by atoms with Gasteiger partial charge in [0.25, 0.3) is 0 Å². The molecule has 0 bridgehead atoms. The van der Waals surface area contributed by atoms with E-state index in [2.05, 4.69) is 4.74 Å². The minimum Gasteiger partial charge on any atom is -0.506 e. The molecular weight excluding hydrogens is 272 g/mol. The summed E-state index contributed by atoms with van der Waals surface area (Å²) in [4.78, 5) is 10.7. The van der Waals surface area contributed by atoms with E-state index in [1.54, 1.807) is 4.72 Å². The Morgan fingerprint density at radius 1 is 1.47 bits per heavy atom. The maximum atomic E-state index is 11.3. The lowest BCUT2D eigenvalue weighted by atomic mass is 10.3. The Morgan fingerprint density at radius 3 is 2.65 bits per heavy atom. The van der Waals surface area contributed by atoms with Crippen LogP contribution in [0.25, 0.3) is 0 Å². The number of hydrogen-bond donors (Lipinski definition) is 3. The molecule has 9 heteroatoms. The predicted molar refractivity (Wildman–Crippen MR) is 61.2 cm³/mol. The fourth-order valence-electron chi connectivity index (χ4n) is 0.913. The van der Waals surface area contributed by atoms with Crippen LogP contribution in [0.4, 0.5) is 10.5 Å². The van der Waals surface area contributed by atoms with Crippen LogP contribution in [0.5, 0.6) is 5.75 Å². The van der Waals surface area contributed by atoms with E-state index in [-0.39, 0.29) is 16.5 Å². The lowest BCUT2D eigenvalue weighted by Gasteiger charge is -2.09. The van der Waals surface area contributed by atoms with Gasteiger partial charge in [0.05, 0.1) is 12.8 Å². The van der Waals surface area contributed by atoms with Gasteiger partial charge in [-0.05, 0) is 12.1 Å². The standard InChI is InChI=1S/C8H9ClN2O5S/c1-16-8(13)11-17(14,15)10-6-3-2-5(9)4-7(6)12/h2-4,10,12H,1H3,(H,11,13). The highest BCUT2D eigenvalue weighted by Crippen LogP contribution is 2.26. The Bertz CT molecular complexity index is 531. The summed E-state index contributed by atoms with van der Waals surface area (Å²) < 4.78 is 30.3. The molecule has 1 aromatic carbocycles. The number of benzene rings is 1. The molecule has 0 saturated carbocycles. The van der Waals surface area contributed by atoms with Crippen LogP contribution in [0.15, 0.2) is 18.2 Å². The van der Waals surface area contributed by atoms with E-state index < -0.39 is 16.3 Å². The van der Waals surface area contributed by atoms with E-state index in [1.165, 1.54) is 12.1 Å². The average molecular weight is 281 g/mol. The second-order valence-corrected chi connectivity index (χ2v) is 4.71. The zero-order chi connectivity index (χ0) is 13.1. The fourth-order valence-corrected chi connectivity index (χ4v) is 1.89. The molecule has 0 fully saturated rings. The topological polar surface area (TPSA) is 105 Å². The molecule has 1 aromatic rings. The molecule has 0 aromatic heterocycles. The summed E-state index contributed by atoms with van der Waals surface area (Å²) in [5, 5.41) is 9.63. The minimum atomic E-state index is -4.16. The number of carbonyl (C=O) groups is 1. The van der Waals surface area contributed by atoms with Gasteiger partial charge in [0.2, 0.25) is 0 Å². The Morgan fingerprint density at radius 2 is 2.12 bits per heavy atom. The molecule has 0 aliphatic carbocycles. The van der Waals surface area contributed by atoms with Crippen molar-refractivity contribution in [2.24, 2.45) is 0 Å². The minimum absolute atomic E-state index is 0.120. The van der Waals surface area contributed by atoms with E-state index in [1.807, 2.05) is 4.72 Å². The van der Waals surface area contributed by atoms with E-state index in [0.29, 0.717) is 0 Å². The largest absolute Gasteiger partial charge is 0.506 e. The summed E-state index contributed by atoms with van der Waals surface area (Å²) >= 11 is 5.57. The molecule has 0 heterocycles. The second kappa shape index (κ2) is 5.11. The molecule has 0 atom stereocenters. The average Bonchev–Trinajstić information content (AvgIpc) is 2.21. The number of phenols is 1. The van der Waals surface area contributed by atoms with Crippen molar-refractivity contribution in [2.45, 2.75) is 0 Å². The monoisotopic (exact) mass is 280 g/mol. The first kappa shape index (κ1) is 13.4. The summed E-state index contributed by atoms with van der Waals surface area (Å²) in [6.45, 7) is 0. The van der Waals surface area contributed by atoms with Gasteiger partial charge in [-0.2, -0.15) is 8.42 Å².